The van der Waals surface area contributed by atoms with Crippen LogP contribution in [0.15, 0.2) is 40.4 Å². The van der Waals surface area contributed by atoms with Crippen LogP contribution in [0.1, 0.15) is 11.1 Å². The number of carbonyl (C=O) groups excluding carboxylic acids is 1. The van der Waals surface area contributed by atoms with Crippen molar-refractivity contribution in [2.24, 2.45) is 0 Å². The van der Waals surface area contributed by atoms with Crippen LogP contribution in [0.4, 0.5) is 5.69 Å². The molecule has 1 amide bonds. The molecule has 2 N–H and O–H groups in total. The number of amides is 1. The lowest BCUT2D eigenvalue weighted by Crippen LogP contribution is -2.14. The fourth-order valence-corrected chi connectivity index (χ4v) is 2.72. The highest BCUT2D eigenvalue weighted by molar-refractivity contribution is 9.10. The number of hydrogen-bond acceptors (Lipinski definition) is 5. The van der Waals surface area contributed by atoms with Crippen LogP contribution in [-0.4, -0.2) is 25.2 Å². The SMILES string of the molecule is COc1ccc(C)cc1NC(=O)/C(C#N)=C/c1cc(Br)c(O)c(OC)c1. The highest BCUT2D eigenvalue weighted by Crippen LogP contribution is 2.36. The summed E-state index contributed by atoms with van der Waals surface area (Å²) < 4.78 is 10.7. The minimum Gasteiger partial charge on any atom is -0.503 e. The molecule has 2 aromatic rings. The minimum absolute atomic E-state index is 0.0582. The van der Waals surface area contributed by atoms with Crippen molar-refractivity contribution in [1.29, 1.82) is 5.26 Å². The van der Waals surface area contributed by atoms with E-state index in [9.17, 15) is 15.2 Å². The predicted molar refractivity (Wildman–Crippen MR) is 102 cm³/mol. The number of rotatable bonds is 5. The second-order valence-electron chi connectivity index (χ2n) is 5.38. The summed E-state index contributed by atoms with van der Waals surface area (Å²) in [6.07, 6.45) is 1.41. The van der Waals surface area contributed by atoms with E-state index in [1.807, 2.05) is 19.1 Å². The summed E-state index contributed by atoms with van der Waals surface area (Å²) in [5, 5.41) is 21.9. The summed E-state index contributed by atoms with van der Waals surface area (Å²) in [6, 6.07) is 10.3. The second kappa shape index (κ2) is 8.41. The van der Waals surface area contributed by atoms with E-state index in [1.54, 1.807) is 18.2 Å². The Hall–Kier alpha value is -2.98. The lowest BCUT2D eigenvalue weighted by molar-refractivity contribution is -0.112. The third-order valence-corrected chi connectivity index (χ3v) is 4.15. The van der Waals surface area contributed by atoms with Crippen LogP contribution in [0.3, 0.4) is 0 Å². The maximum absolute atomic E-state index is 12.5. The molecule has 6 nitrogen and oxygen atoms in total. The van der Waals surface area contributed by atoms with Crippen LogP contribution in [-0.2, 0) is 4.79 Å². The fourth-order valence-electron chi connectivity index (χ4n) is 2.26. The molecule has 0 unspecified atom stereocenters. The molecular weight excluding hydrogens is 400 g/mol. The Balaban J connectivity index is 2.35. The van der Waals surface area contributed by atoms with Gasteiger partial charge in [0.05, 0.1) is 24.4 Å². The number of methoxy groups -OCH3 is 2. The molecule has 134 valence electrons. The number of halogens is 1. The van der Waals surface area contributed by atoms with Crippen molar-refractivity contribution in [3.8, 4) is 23.3 Å². The van der Waals surface area contributed by atoms with E-state index >= 15 is 0 Å². The summed E-state index contributed by atoms with van der Waals surface area (Å²) in [7, 11) is 2.92. The lowest BCUT2D eigenvalue weighted by Gasteiger charge is -2.11. The first kappa shape index (κ1) is 19.3. The number of phenols is 1. The van der Waals surface area contributed by atoms with E-state index in [1.165, 1.54) is 26.4 Å². The first-order chi connectivity index (χ1) is 12.4. The number of carbonyl (C=O) groups is 1. The van der Waals surface area contributed by atoms with Gasteiger partial charge in [0.15, 0.2) is 11.5 Å². The Bertz CT molecular complexity index is 916. The molecule has 0 radical (unpaired) electrons. The number of aromatic hydroxyl groups is 1. The van der Waals surface area contributed by atoms with Gasteiger partial charge in [0.25, 0.3) is 5.91 Å². The Morgan fingerprint density at radius 2 is 1.92 bits per heavy atom. The van der Waals surface area contributed by atoms with Crippen molar-refractivity contribution < 1.29 is 19.4 Å². The summed E-state index contributed by atoms with van der Waals surface area (Å²) in [4.78, 5) is 12.5. The molecule has 7 heteroatoms. The number of aryl methyl sites for hydroxylation is 1. The van der Waals surface area contributed by atoms with Gasteiger partial charge in [-0.2, -0.15) is 5.26 Å². The van der Waals surface area contributed by atoms with Gasteiger partial charge >= 0.3 is 0 Å². The van der Waals surface area contributed by atoms with Gasteiger partial charge in [0.2, 0.25) is 0 Å². The summed E-state index contributed by atoms with van der Waals surface area (Å²) in [5.74, 6) is 0.0932. The van der Waals surface area contributed by atoms with Crippen molar-refractivity contribution in [1.82, 2.24) is 0 Å². The van der Waals surface area contributed by atoms with Crippen LogP contribution >= 0.6 is 15.9 Å². The van der Waals surface area contributed by atoms with E-state index in [0.717, 1.165) is 5.56 Å². The molecular formula is C19H17BrN2O4. The zero-order valence-electron chi connectivity index (χ0n) is 14.5. The van der Waals surface area contributed by atoms with Gasteiger partial charge in [-0.25, -0.2) is 0 Å². The van der Waals surface area contributed by atoms with Gasteiger partial charge < -0.3 is 19.9 Å². The molecule has 0 fully saturated rings. The molecule has 0 atom stereocenters. The van der Waals surface area contributed by atoms with Crippen molar-refractivity contribution in [3.05, 3.63) is 51.5 Å². The van der Waals surface area contributed by atoms with Gasteiger partial charge in [0, 0.05) is 0 Å². The van der Waals surface area contributed by atoms with Crippen LogP contribution in [0.5, 0.6) is 17.2 Å². The second-order valence-corrected chi connectivity index (χ2v) is 6.24. The predicted octanol–water partition coefficient (Wildman–Crippen LogP) is 4.03. The Kier molecular flexibility index (Phi) is 6.26. The molecule has 0 aliphatic carbocycles. The van der Waals surface area contributed by atoms with Gasteiger partial charge in [-0.1, -0.05) is 6.07 Å². The molecule has 26 heavy (non-hydrogen) atoms. The maximum Gasteiger partial charge on any atom is 0.266 e. The molecule has 0 spiro atoms. The molecule has 0 bridgehead atoms. The van der Waals surface area contributed by atoms with E-state index in [-0.39, 0.29) is 17.1 Å². The highest BCUT2D eigenvalue weighted by Gasteiger charge is 2.14. The molecule has 0 heterocycles. The number of anilines is 1. The van der Waals surface area contributed by atoms with E-state index in [0.29, 0.717) is 21.5 Å². The van der Waals surface area contributed by atoms with Crippen molar-refractivity contribution in [2.45, 2.75) is 6.92 Å². The molecule has 2 aromatic carbocycles. The lowest BCUT2D eigenvalue weighted by atomic mass is 10.1. The third kappa shape index (κ3) is 4.35. The number of phenolic OH excluding ortho intramolecular Hbond substituents is 1. The molecule has 0 aliphatic heterocycles. The monoisotopic (exact) mass is 416 g/mol. The normalized spacial score (nSPS) is 10.8. The third-order valence-electron chi connectivity index (χ3n) is 3.55. The molecule has 2 rings (SSSR count). The topological polar surface area (TPSA) is 91.6 Å². The maximum atomic E-state index is 12.5. The number of ether oxygens (including phenoxy) is 2. The number of hydrogen-bond donors (Lipinski definition) is 2. The Morgan fingerprint density at radius 3 is 2.54 bits per heavy atom. The van der Waals surface area contributed by atoms with Crippen LogP contribution < -0.4 is 14.8 Å². The summed E-state index contributed by atoms with van der Waals surface area (Å²) in [6.45, 7) is 1.89. The van der Waals surface area contributed by atoms with Crippen molar-refractivity contribution in [3.63, 3.8) is 0 Å². The Labute approximate surface area is 159 Å². The molecule has 0 saturated heterocycles. The van der Waals surface area contributed by atoms with Crippen LogP contribution in [0, 0.1) is 18.3 Å². The van der Waals surface area contributed by atoms with Gasteiger partial charge in [-0.15, -0.1) is 0 Å². The van der Waals surface area contributed by atoms with E-state index in [2.05, 4.69) is 21.2 Å². The molecule has 0 aliphatic rings. The number of benzene rings is 2. The highest BCUT2D eigenvalue weighted by atomic mass is 79.9. The standard InChI is InChI=1S/C19H17BrN2O4/c1-11-4-5-16(25-2)15(6-11)22-19(24)13(10-21)7-12-8-14(20)18(23)17(9-12)26-3/h4-9,23H,1-3H3,(H,22,24)/b13-7+. The van der Waals surface area contributed by atoms with Gasteiger partial charge in [0.1, 0.15) is 17.4 Å². The zero-order valence-corrected chi connectivity index (χ0v) is 16.0. The first-order valence-electron chi connectivity index (χ1n) is 7.54. The van der Waals surface area contributed by atoms with E-state index in [4.69, 9.17) is 9.47 Å². The Morgan fingerprint density at radius 1 is 1.23 bits per heavy atom. The molecule has 0 aromatic heterocycles. The quantitative estimate of drug-likeness (QED) is 0.566. The van der Waals surface area contributed by atoms with Crippen LogP contribution in [0.2, 0.25) is 0 Å². The smallest absolute Gasteiger partial charge is 0.266 e. The van der Waals surface area contributed by atoms with Gasteiger partial charge in [-0.05, 0) is 64.3 Å². The zero-order chi connectivity index (χ0) is 19.3. The average molecular weight is 417 g/mol. The minimum atomic E-state index is -0.570. The van der Waals surface area contributed by atoms with Gasteiger partial charge in [-0.3, -0.25) is 4.79 Å². The van der Waals surface area contributed by atoms with Crippen LogP contribution in [0.25, 0.3) is 6.08 Å². The van der Waals surface area contributed by atoms with Crippen molar-refractivity contribution >= 4 is 33.6 Å². The number of nitriles is 1. The number of nitrogens with one attached hydrogen (secondary N) is 1. The number of nitrogens with zero attached hydrogens (tertiary/aromatic N) is 1. The largest absolute Gasteiger partial charge is 0.503 e. The average Bonchev–Trinajstić information content (AvgIpc) is 2.62. The fraction of sp³-hybridized carbons (Fsp3) is 0.158. The summed E-state index contributed by atoms with van der Waals surface area (Å²) in [5.41, 5.74) is 1.83. The summed E-state index contributed by atoms with van der Waals surface area (Å²) >= 11 is 3.21. The molecule has 0 saturated carbocycles. The van der Waals surface area contributed by atoms with Crippen molar-refractivity contribution in [2.75, 3.05) is 19.5 Å². The first-order valence-corrected chi connectivity index (χ1v) is 8.33. The van der Waals surface area contributed by atoms with E-state index < -0.39 is 5.91 Å².